The molecule has 0 aromatic rings. The SMILES string of the molecule is CCCC(N1CCCC1)C1(O)CCCCC1O. The molecule has 1 aliphatic heterocycles. The van der Waals surface area contributed by atoms with Crippen LogP contribution in [0.25, 0.3) is 0 Å². The van der Waals surface area contributed by atoms with E-state index in [1.165, 1.54) is 12.8 Å². The zero-order valence-electron chi connectivity index (χ0n) is 11.1. The summed E-state index contributed by atoms with van der Waals surface area (Å²) < 4.78 is 0. The molecule has 2 rings (SSSR count). The Morgan fingerprint density at radius 3 is 2.53 bits per heavy atom. The molecular formula is C14H27NO2. The molecule has 3 atom stereocenters. The van der Waals surface area contributed by atoms with E-state index in [1.54, 1.807) is 0 Å². The Hall–Kier alpha value is -0.120. The zero-order chi connectivity index (χ0) is 12.3. The van der Waals surface area contributed by atoms with Crippen molar-refractivity contribution in [2.45, 2.75) is 76.0 Å². The molecule has 2 N–H and O–H groups in total. The quantitative estimate of drug-likeness (QED) is 0.790. The van der Waals surface area contributed by atoms with E-state index in [2.05, 4.69) is 11.8 Å². The smallest absolute Gasteiger partial charge is 0.106 e. The van der Waals surface area contributed by atoms with Crippen LogP contribution in [0.2, 0.25) is 0 Å². The number of likely N-dealkylation sites (tertiary alicyclic amines) is 1. The zero-order valence-corrected chi connectivity index (χ0v) is 11.1. The Balaban J connectivity index is 2.11. The topological polar surface area (TPSA) is 43.7 Å². The predicted molar refractivity (Wildman–Crippen MR) is 68.9 cm³/mol. The first-order chi connectivity index (χ1) is 8.18. The fourth-order valence-electron chi connectivity index (χ4n) is 3.63. The predicted octanol–water partition coefficient (Wildman–Crippen LogP) is 1.92. The van der Waals surface area contributed by atoms with Gasteiger partial charge < -0.3 is 10.2 Å². The second kappa shape index (κ2) is 5.68. The van der Waals surface area contributed by atoms with Gasteiger partial charge in [-0.25, -0.2) is 0 Å². The van der Waals surface area contributed by atoms with Gasteiger partial charge in [-0.1, -0.05) is 26.2 Å². The van der Waals surface area contributed by atoms with Crippen molar-refractivity contribution in [1.29, 1.82) is 0 Å². The van der Waals surface area contributed by atoms with Crippen molar-refractivity contribution < 1.29 is 10.2 Å². The van der Waals surface area contributed by atoms with Crippen molar-refractivity contribution >= 4 is 0 Å². The van der Waals surface area contributed by atoms with Crippen molar-refractivity contribution in [3.05, 3.63) is 0 Å². The molecule has 0 bridgehead atoms. The van der Waals surface area contributed by atoms with Crippen LogP contribution < -0.4 is 0 Å². The summed E-state index contributed by atoms with van der Waals surface area (Å²) in [5.74, 6) is 0. The van der Waals surface area contributed by atoms with Crippen molar-refractivity contribution in [2.75, 3.05) is 13.1 Å². The Bertz CT molecular complexity index is 240. The Morgan fingerprint density at radius 1 is 1.24 bits per heavy atom. The van der Waals surface area contributed by atoms with Crippen LogP contribution >= 0.6 is 0 Å². The highest BCUT2D eigenvalue weighted by Crippen LogP contribution is 2.36. The van der Waals surface area contributed by atoms with Crippen LogP contribution in [-0.4, -0.2) is 45.9 Å². The maximum Gasteiger partial charge on any atom is 0.106 e. The van der Waals surface area contributed by atoms with Crippen molar-refractivity contribution in [3.63, 3.8) is 0 Å². The number of nitrogens with zero attached hydrogens (tertiary/aromatic N) is 1. The van der Waals surface area contributed by atoms with Gasteiger partial charge in [0.05, 0.1) is 6.10 Å². The molecule has 0 aromatic carbocycles. The van der Waals surface area contributed by atoms with E-state index >= 15 is 0 Å². The summed E-state index contributed by atoms with van der Waals surface area (Å²) in [6.07, 6.45) is 7.71. The maximum atomic E-state index is 10.9. The molecule has 1 saturated heterocycles. The minimum atomic E-state index is -0.849. The second-order valence-electron chi connectivity index (χ2n) is 5.80. The number of rotatable bonds is 4. The first-order valence-electron chi connectivity index (χ1n) is 7.33. The summed E-state index contributed by atoms with van der Waals surface area (Å²) in [4.78, 5) is 2.41. The number of aliphatic hydroxyl groups is 2. The summed E-state index contributed by atoms with van der Waals surface area (Å²) in [6.45, 7) is 4.36. The van der Waals surface area contributed by atoms with Crippen LogP contribution in [0.15, 0.2) is 0 Å². The molecule has 3 unspecified atom stereocenters. The maximum absolute atomic E-state index is 10.9. The normalized spacial score (nSPS) is 37.2. The average Bonchev–Trinajstić information content (AvgIpc) is 2.83. The van der Waals surface area contributed by atoms with E-state index in [9.17, 15) is 10.2 Å². The summed E-state index contributed by atoms with van der Waals surface area (Å²) >= 11 is 0. The van der Waals surface area contributed by atoms with Gasteiger partial charge in [0, 0.05) is 6.04 Å². The summed E-state index contributed by atoms with van der Waals surface area (Å²) in [6, 6.07) is 0.172. The lowest BCUT2D eigenvalue weighted by Gasteiger charge is -2.46. The number of aliphatic hydroxyl groups excluding tert-OH is 1. The first kappa shape index (κ1) is 13.3. The van der Waals surface area contributed by atoms with E-state index in [0.717, 1.165) is 51.6 Å². The Kier molecular flexibility index (Phi) is 4.45. The van der Waals surface area contributed by atoms with Crippen LogP contribution in [0, 0.1) is 0 Å². The Morgan fingerprint density at radius 2 is 1.94 bits per heavy atom. The summed E-state index contributed by atoms with van der Waals surface area (Å²) in [5.41, 5.74) is -0.849. The van der Waals surface area contributed by atoms with Crippen LogP contribution in [0.5, 0.6) is 0 Å². The van der Waals surface area contributed by atoms with Crippen molar-refractivity contribution in [3.8, 4) is 0 Å². The van der Waals surface area contributed by atoms with Gasteiger partial charge in [0.2, 0.25) is 0 Å². The van der Waals surface area contributed by atoms with Crippen LogP contribution in [0.1, 0.15) is 58.3 Å². The van der Waals surface area contributed by atoms with Gasteiger partial charge >= 0.3 is 0 Å². The standard InChI is InChI=1S/C14H27NO2/c1-2-7-12(15-10-5-6-11-15)14(17)9-4-3-8-13(14)16/h12-13,16-17H,2-11H2,1H3. The molecular weight excluding hydrogens is 214 g/mol. The lowest BCUT2D eigenvalue weighted by Crippen LogP contribution is -2.59. The molecule has 2 aliphatic rings. The number of hydrogen-bond donors (Lipinski definition) is 2. The van der Waals surface area contributed by atoms with Gasteiger partial charge in [0.15, 0.2) is 0 Å². The third-order valence-electron chi connectivity index (χ3n) is 4.60. The first-order valence-corrected chi connectivity index (χ1v) is 7.33. The summed E-state index contributed by atoms with van der Waals surface area (Å²) in [5, 5.41) is 21.1. The molecule has 0 amide bonds. The number of hydrogen-bond acceptors (Lipinski definition) is 3. The fraction of sp³-hybridized carbons (Fsp3) is 1.00. The van der Waals surface area contributed by atoms with Crippen LogP contribution in [0.3, 0.4) is 0 Å². The van der Waals surface area contributed by atoms with Crippen LogP contribution in [0.4, 0.5) is 0 Å². The lowest BCUT2D eigenvalue weighted by atomic mass is 9.75. The van der Waals surface area contributed by atoms with E-state index < -0.39 is 11.7 Å². The minimum Gasteiger partial charge on any atom is -0.390 e. The highest BCUT2D eigenvalue weighted by molar-refractivity contribution is 5.01. The van der Waals surface area contributed by atoms with E-state index in [4.69, 9.17) is 0 Å². The molecule has 3 nitrogen and oxygen atoms in total. The van der Waals surface area contributed by atoms with E-state index in [1.807, 2.05) is 0 Å². The highest BCUT2D eigenvalue weighted by Gasteiger charge is 2.46. The molecule has 1 aliphatic carbocycles. The lowest BCUT2D eigenvalue weighted by molar-refractivity contribution is -0.145. The third kappa shape index (κ3) is 2.67. The molecule has 1 heterocycles. The van der Waals surface area contributed by atoms with Gasteiger partial charge in [-0.15, -0.1) is 0 Å². The highest BCUT2D eigenvalue weighted by atomic mass is 16.3. The largest absolute Gasteiger partial charge is 0.390 e. The molecule has 0 aromatic heterocycles. The molecule has 0 spiro atoms. The molecule has 1 saturated carbocycles. The van der Waals surface area contributed by atoms with E-state index in [0.29, 0.717) is 0 Å². The van der Waals surface area contributed by atoms with Gasteiger partial charge in [0.25, 0.3) is 0 Å². The molecule has 3 heteroatoms. The minimum absolute atomic E-state index is 0.172. The summed E-state index contributed by atoms with van der Waals surface area (Å²) in [7, 11) is 0. The molecule has 0 radical (unpaired) electrons. The van der Waals surface area contributed by atoms with Gasteiger partial charge in [0.1, 0.15) is 5.60 Å². The van der Waals surface area contributed by atoms with E-state index in [-0.39, 0.29) is 6.04 Å². The third-order valence-corrected chi connectivity index (χ3v) is 4.60. The fourth-order valence-corrected chi connectivity index (χ4v) is 3.63. The Labute approximate surface area is 105 Å². The van der Waals surface area contributed by atoms with Crippen molar-refractivity contribution in [2.24, 2.45) is 0 Å². The molecule has 17 heavy (non-hydrogen) atoms. The van der Waals surface area contributed by atoms with Gasteiger partial charge in [-0.3, -0.25) is 4.90 Å². The van der Waals surface area contributed by atoms with Gasteiger partial charge in [-0.05, 0) is 45.2 Å². The average molecular weight is 241 g/mol. The van der Waals surface area contributed by atoms with Crippen molar-refractivity contribution in [1.82, 2.24) is 4.90 Å². The van der Waals surface area contributed by atoms with Crippen LogP contribution in [-0.2, 0) is 0 Å². The molecule has 100 valence electrons. The monoisotopic (exact) mass is 241 g/mol. The molecule has 2 fully saturated rings. The second-order valence-corrected chi connectivity index (χ2v) is 5.80. The van der Waals surface area contributed by atoms with Gasteiger partial charge in [-0.2, -0.15) is 0 Å².